The molecule has 0 bridgehead atoms. The summed E-state index contributed by atoms with van der Waals surface area (Å²) in [4.78, 5) is 20.8. The number of nitrogens with zero attached hydrogens (tertiary/aromatic N) is 4. The normalized spacial score (nSPS) is 12.0. The van der Waals surface area contributed by atoms with Crippen molar-refractivity contribution in [2.45, 2.75) is 26.3 Å². The Morgan fingerprint density at radius 2 is 2.25 bits per heavy atom. The minimum absolute atomic E-state index is 0.0589. The zero-order valence-electron chi connectivity index (χ0n) is 12.3. The van der Waals surface area contributed by atoms with Crippen LogP contribution in [0.2, 0.25) is 0 Å². The molecule has 0 aromatic carbocycles. The molecule has 1 heterocycles. The summed E-state index contributed by atoms with van der Waals surface area (Å²) in [5.74, 6) is 1.50. The van der Waals surface area contributed by atoms with Crippen molar-refractivity contribution in [1.29, 1.82) is 0 Å². The van der Waals surface area contributed by atoms with E-state index < -0.39 is 4.92 Å². The van der Waals surface area contributed by atoms with Crippen LogP contribution < -0.4 is 10.2 Å². The average Bonchev–Trinajstić information content (AvgIpc) is 2.43. The largest absolute Gasteiger partial charge is 0.364 e. The Hall–Kier alpha value is -1.57. The summed E-state index contributed by atoms with van der Waals surface area (Å²) in [6, 6.07) is 0.151. The SMILES string of the molecule is CCCNc1ncnc(N(C)C(C)CSC)c1[N+](=O)[O-]. The first-order valence-corrected chi connectivity index (χ1v) is 7.87. The van der Waals surface area contributed by atoms with Crippen LogP contribution in [0.25, 0.3) is 0 Å². The van der Waals surface area contributed by atoms with Gasteiger partial charge in [0, 0.05) is 25.4 Å². The molecular formula is C12H21N5O2S. The van der Waals surface area contributed by atoms with E-state index in [9.17, 15) is 10.1 Å². The maximum absolute atomic E-state index is 11.3. The molecule has 1 unspecified atom stereocenters. The summed E-state index contributed by atoms with van der Waals surface area (Å²) in [5, 5.41) is 14.3. The van der Waals surface area contributed by atoms with E-state index in [1.807, 2.05) is 32.1 Å². The Kier molecular flexibility index (Phi) is 6.50. The van der Waals surface area contributed by atoms with Gasteiger partial charge in [-0.15, -0.1) is 0 Å². The highest BCUT2D eigenvalue weighted by molar-refractivity contribution is 7.98. The van der Waals surface area contributed by atoms with E-state index in [0.717, 1.165) is 12.2 Å². The van der Waals surface area contributed by atoms with E-state index in [-0.39, 0.29) is 17.5 Å². The summed E-state index contributed by atoms with van der Waals surface area (Å²) in [6.07, 6.45) is 4.24. The minimum Gasteiger partial charge on any atom is -0.364 e. The lowest BCUT2D eigenvalue weighted by Crippen LogP contribution is -2.32. The second-order valence-corrected chi connectivity index (χ2v) is 5.40. The molecule has 1 aromatic heterocycles. The summed E-state index contributed by atoms with van der Waals surface area (Å²) in [7, 11) is 1.82. The van der Waals surface area contributed by atoms with Gasteiger partial charge in [0.25, 0.3) is 0 Å². The third-order valence-corrected chi connectivity index (χ3v) is 3.75. The maximum Gasteiger partial charge on any atom is 0.353 e. The zero-order valence-corrected chi connectivity index (χ0v) is 13.1. The molecule has 1 rings (SSSR count). The van der Waals surface area contributed by atoms with Gasteiger partial charge in [-0.1, -0.05) is 6.92 Å². The molecule has 0 aliphatic carbocycles. The fourth-order valence-electron chi connectivity index (χ4n) is 1.73. The lowest BCUT2D eigenvalue weighted by Gasteiger charge is -2.25. The second-order valence-electron chi connectivity index (χ2n) is 4.49. The Balaban J connectivity index is 3.14. The van der Waals surface area contributed by atoms with Crippen LogP contribution in [0.15, 0.2) is 6.33 Å². The zero-order chi connectivity index (χ0) is 15.1. The van der Waals surface area contributed by atoms with Gasteiger partial charge >= 0.3 is 5.69 Å². The van der Waals surface area contributed by atoms with Crippen LogP contribution in [0, 0.1) is 10.1 Å². The Bertz CT molecular complexity index is 457. The third-order valence-electron chi connectivity index (χ3n) is 2.93. The Labute approximate surface area is 123 Å². The van der Waals surface area contributed by atoms with Gasteiger partial charge in [0.05, 0.1) is 4.92 Å². The predicted molar refractivity (Wildman–Crippen MR) is 83.7 cm³/mol. The molecular weight excluding hydrogens is 278 g/mol. The Morgan fingerprint density at radius 1 is 1.55 bits per heavy atom. The minimum atomic E-state index is -0.421. The van der Waals surface area contributed by atoms with Crippen molar-refractivity contribution in [3.05, 3.63) is 16.4 Å². The van der Waals surface area contributed by atoms with Crippen molar-refractivity contribution in [1.82, 2.24) is 9.97 Å². The van der Waals surface area contributed by atoms with Crippen LogP contribution >= 0.6 is 11.8 Å². The van der Waals surface area contributed by atoms with Crippen LogP contribution in [-0.2, 0) is 0 Å². The molecule has 112 valence electrons. The van der Waals surface area contributed by atoms with Crippen molar-refractivity contribution in [2.24, 2.45) is 0 Å². The maximum atomic E-state index is 11.3. The molecule has 1 N–H and O–H groups in total. The highest BCUT2D eigenvalue weighted by atomic mass is 32.2. The molecule has 0 saturated heterocycles. The molecule has 1 atom stereocenters. The smallest absolute Gasteiger partial charge is 0.353 e. The molecule has 20 heavy (non-hydrogen) atoms. The summed E-state index contributed by atoms with van der Waals surface area (Å²) in [6.45, 7) is 4.65. The van der Waals surface area contributed by atoms with E-state index in [1.54, 1.807) is 11.8 Å². The van der Waals surface area contributed by atoms with E-state index >= 15 is 0 Å². The van der Waals surface area contributed by atoms with Crippen molar-refractivity contribution in [2.75, 3.05) is 35.8 Å². The highest BCUT2D eigenvalue weighted by Crippen LogP contribution is 2.32. The standard InChI is InChI=1S/C12H21N5O2S/c1-5-6-13-11-10(17(18)19)12(15-8-14-11)16(3)9(2)7-20-4/h8-9H,5-7H2,1-4H3,(H,13,14,15). The lowest BCUT2D eigenvalue weighted by molar-refractivity contribution is -0.383. The third kappa shape index (κ3) is 3.96. The monoisotopic (exact) mass is 299 g/mol. The highest BCUT2D eigenvalue weighted by Gasteiger charge is 2.27. The van der Waals surface area contributed by atoms with Gasteiger partial charge in [-0.3, -0.25) is 10.1 Å². The number of anilines is 2. The van der Waals surface area contributed by atoms with Gasteiger partial charge in [0.15, 0.2) is 0 Å². The number of nitro groups is 1. The number of hydrogen-bond acceptors (Lipinski definition) is 7. The molecule has 0 amide bonds. The molecule has 0 aliphatic rings. The molecule has 0 spiro atoms. The molecule has 0 saturated carbocycles. The molecule has 0 aliphatic heterocycles. The number of aromatic nitrogens is 2. The summed E-state index contributed by atoms with van der Waals surface area (Å²) >= 11 is 1.69. The van der Waals surface area contributed by atoms with E-state index in [4.69, 9.17) is 0 Å². The fraction of sp³-hybridized carbons (Fsp3) is 0.667. The van der Waals surface area contributed by atoms with E-state index in [2.05, 4.69) is 15.3 Å². The van der Waals surface area contributed by atoms with Gasteiger partial charge < -0.3 is 10.2 Å². The van der Waals surface area contributed by atoms with Gasteiger partial charge in [-0.2, -0.15) is 11.8 Å². The van der Waals surface area contributed by atoms with Gasteiger partial charge in [-0.05, 0) is 19.6 Å². The van der Waals surface area contributed by atoms with Gasteiger partial charge in [-0.25, -0.2) is 9.97 Å². The first-order chi connectivity index (χ1) is 9.52. The Morgan fingerprint density at radius 3 is 2.80 bits per heavy atom. The van der Waals surface area contributed by atoms with Gasteiger partial charge in [0.2, 0.25) is 11.6 Å². The van der Waals surface area contributed by atoms with E-state index in [1.165, 1.54) is 6.33 Å². The van der Waals surface area contributed by atoms with Gasteiger partial charge in [0.1, 0.15) is 6.33 Å². The fourth-order valence-corrected chi connectivity index (χ4v) is 2.44. The lowest BCUT2D eigenvalue weighted by atomic mass is 10.3. The number of rotatable bonds is 8. The molecule has 8 heteroatoms. The summed E-state index contributed by atoms with van der Waals surface area (Å²) in [5.41, 5.74) is -0.0589. The van der Waals surface area contributed by atoms with Crippen LogP contribution in [0.1, 0.15) is 20.3 Å². The topological polar surface area (TPSA) is 84.2 Å². The van der Waals surface area contributed by atoms with Crippen LogP contribution in [-0.4, -0.2) is 46.5 Å². The predicted octanol–water partition coefficient (Wildman–Crippen LogP) is 2.39. The van der Waals surface area contributed by atoms with Crippen LogP contribution in [0.3, 0.4) is 0 Å². The van der Waals surface area contributed by atoms with Crippen molar-refractivity contribution >= 4 is 29.1 Å². The van der Waals surface area contributed by atoms with Crippen LogP contribution in [0.5, 0.6) is 0 Å². The van der Waals surface area contributed by atoms with Crippen LogP contribution in [0.4, 0.5) is 17.3 Å². The first kappa shape index (κ1) is 16.5. The molecule has 1 aromatic rings. The van der Waals surface area contributed by atoms with Crippen molar-refractivity contribution in [3.8, 4) is 0 Å². The molecule has 7 nitrogen and oxygen atoms in total. The van der Waals surface area contributed by atoms with E-state index in [0.29, 0.717) is 12.4 Å². The molecule has 0 fully saturated rings. The average molecular weight is 299 g/mol. The second kappa shape index (κ2) is 7.88. The molecule has 0 radical (unpaired) electrons. The number of hydrogen-bond donors (Lipinski definition) is 1. The quantitative estimate of drug-likeness (QED) is 0.582. The first-order valence-electron chi connectivity index (χ1n) is 6.47. The number of thioether (sulfide) groups is 1. The van der Waals surface area contributed by atoms with Crippen molar-refractivity contribution in [3.63, 3.8) is 0 Å². The van der Waals surface area contributed by atoms with Crippen molar-refractivity contribution < 1.29 is 4.92 Å². The number of nitrogens with one attached hydrogen (secondary N) is 1. The summed E-state index contributed by atoms with van der Waals surface area (Å²) < 4.78 is 0.